The monoisotopic (exact) mass is 422 g/mol. The zero-order valence-corrected chi connectivity index (χ0v) is 18.0. The Morgan fingerprint density at radius 1 is 0.773 bits per heavy atom. The van der Waals surface area contributed by atoms with Gasteiger partial charge in [0.25, 0.3) is 0 Å². The molecule has 0 N–H and O–H groups in total. The van der Waals surface area contributed by atoms with E-state index >= 15 is 0 Å². The van der Waals surface area contributed by atoms with E-state index in [1.807, 2.05) is 21.6 Å². The minimum absolute atomic E-state index is 0.580. The molecule has 0 aliphatic heterocycles. The Morgan fingerprint density at radius 3 is 1.55 bits per heavy atom. The second kappa shape index (κ2) is 18.9. The standard InChI is InChI=1S/C12H24O4P2S4/c1-13-5-7-15-17(19)9-3-11-21-22-12-4-10-18(20)16-8-6-14-2/h9-10H,3-8,11-12H2,1-2H3. The van der Waals surface area contributed by atoms with E-state index in [-0.39, 0.29) is 0 Å². The van der Waals surface area contributed by atoms with Gasteiger partial charge >= 0.3 is 0 Å². The molecular weight excluding hydrogens is 398 g/mol. The summed E-state index contributed by atoms with van der Waals surface area (Å²) in [7, 11) is 7.03. The summed E-state index contributed by atoms with van der Waals surface area (Å²) in [4.78, 5) is 0. The summed E-state index contributed by atoms with van der Waals surface area (Å²) < 4.78 is 20.7. The van der Waals surface area contributed by atoms with Crippen LogP contribution in [0.15, 0.2) is 0 Å². The first-order valence-corrected chi connectivity index (χ1v) is 14.0. The van der Waals surface area contributed by atoms with Gasteiger partial charge in [0.2, 0.25) is 0 Å². The Balaban J connectivity index is 3.42. The Bertz CT molecular complexity index is 290. The van der Waals surface area contributed by atoms with E-state index in [1.54, 1.807) is 14.2 Å². The average Bonchev–Trinajstić information content (AvgIpc) is 2.50. The van der Waals surface area contributed by atoms with Crippen molar-refractivity contribution < 1.29 is 18.5 Å². The van der Waals surface area contributed by atoms with E-state index in [4.69, 9.17) is 43.0 Å². The van der Waals surface area contributed by atoms with E-state index in [0.29, 0.717) is 26.4 Å². The molecule has 0 radical (unpaired) electrons. The normalized spacial score (nSPS) is 12.9. The lowest BCUT2D eigenvalue weighted by Crippen LogP contribution is -1.96. The molecule has 2 unspecified atom stereocenters. The quantitative estimate of drug-likeness (QED) is 0.171. The lowest BCUT2D eigenvalue weighted by atomic mass is 10.6. The molecule has 2 atom stereocenters. The lowest BCUT2D eigenvalue weighted by molar-refractivity contribution is 0.156. The van der Waals surface area contributed by atoms with Crippen LogP contribution in [0.4, 0.5) is 0 Å². The van der Waals surface area contributed by atoms with Crippen LogP contribution in [-0.2, 0) is 43.0 Å². The fourth-order valence-electron chi connectivity index (χ4n) is 1.06. The molecule has 22 heavy (non-hydrogen) atoms. The van der Waals surface area contributed by atoms with Gasteiger partial charge < -0.3 is 34.0 Å². The van der Waals surface area contributed by atoms with Gasteiger partial charge in [-0.2, -0.15) is 0 Å². The molecule has 0 aliphatic rings. The number of methoxy groups -OCH3 is 2. The highest BCUT2D eigenvalue weighted by Crippen LogP contribution is 2.26. The third kappa shape index (κ3) is 17.9. The lowest BCUT2D eigenvalue weighted by Gasteiger charge is -2.00. The zero-order valence-electron chi connectivity index (χ0n) is 13.0. The van der Waals surface area contributed by atoms with Gasteiger partial charge in [0, 0.05) is 38.6 Å². The number of hydrogen-bond acceptors (Lipinski definition) is 8. The van der Waals surface area contributed by atoms with Gasteiger partial charge in [0.1, 0.15) is 27.2 Å². The summed E-state index contributed by atoms with van der Waals surface area (Å²) in [6.45, 7) is 0.715. The molecule has 0 bridgehead atoms. The zero-order chi connectivity index (χ0) is 16.5. The number of hydrogen-bond donors (Lipinski definition) is 0. The van der Waals surface area contributed by atoms with Crippen molar-refractivity contribution >= 4 is 71.6 Å². The van der Waals surface area contributed by atoms with Crippen molar-refractivity contribution in [3.8, 4) is 0 Å². The molecule has 0 heterocycles. The Labute approximate surface area is 154 Å². The summed E-state index contributed by atoms with van der Waals surface area (Å²) >= 11 is 10.4. The second-order valence-corrected chi connectivity index (χ2v) is 11.1. The van der Waals surface area contributed by atoms with E-state index in [0.717, 1.165) is 24.3 Å². The molecule has 10 heteroatoms. The van der Waals surface area contributed by atoms with Crippen molar-refractivity contribution in [2.45, 2.75) is 12.8 Å². The van der Waals surface area contributed by atoms with Gasteiger partial charge in [0.05, 0.1) is 24.8 Å². The Kier molecular flexibility index (Phi) is 20.3. The van der Waals surface area contributed by atoms with E-state index < -0.39 is 13.9 Å². The van der Waals surface area contributed by atoms with Crippen LogP contribution in [0.2, 0.25) is 0 Å². The van der Waals surface area contributed by atoms with E-state index in [9.17, 15) is 0 Å². The second-order valence-electron chi connectivity index (χ2n) is 3.81. The fraction of sp³-hybridized carbons (Fsp3) is 0.833. The minimum Gasteiger partial charge on any atom is -0.457 e. The Hall–Kier alpha value is 1.58. The number of rotatable bonds is 15. The molecule has 0 rings (SSSR count). The van der Waals surface area contributed by atoms with Crippen LogP contribution >= 0.6 is 35.5 Å². The first-order chi connectivity index (χ1) is 10.7. The van der Waals surface area contributed by atoms with Crippen LogP contribution in [0.5, 0.6) is 0 Å². The highest BCUT2D eigenvalue weighted by atomic mass is 33.1. The van der Waals surface area contributed by atoms with Crippen LogP contribution in [0.25, 0.3) is 0 Å². The smallest absolute Gasteiger partial charge is 0.120 e. The van der Waals surface area contributed by atoms with Gasteiger partial charge in [0.15, 0.2) is 0 Å². The molecule has 130 valence electrons. The topological polar surface area (TPSA) is 36.9 Å². The number of ether oxygens (including phenoxy) is 2. The van der Waals surface area contributed by atoms with Gasteiger partial charge in [-0.1, -0.05) is 21.6 Å². The third-order valence-corrected chi connectivity index (χ3v) is 8.04. The maximum absolute atomic E-state index is 5.44. The van der Waals surface area contributed by atoms with Gasteiger partial charge in [-0.25, -0.2) is 9.05 Å². The van der Waals surface area contributed by atoms with Gasteiger partial charge in [-0.05, 0) is 0 Å². The van der Waals surface area contributed by atoms with Crippen molar-refractivity contribution in [3.05, 3.63) is 0 Å². The van der Waals surface area contributed by atoms with Gasteiger partial charge in [-0.15, -0.1) is 0 Å². The molecule has 0 aromatic carbocycles. The maximum atomic E-state index is 5.44. The molecule has 0 aromatic rings. The minimum atomic E-state index is -0.824. The van der Waals surface area contributed by atoms with Crippen LogP contribution < -0.4 is 0 Å². The molecule has 0 spiro atoms. The highest BCUT2D eigenvalue weighted by Gasteiger charge is 1.98. The molecular formula is C12H24O4P2S4. The molecule has 0 saturated heterocycles. The summed E-state index contributed by atoms with van der Waals surface area (Å²) in [5.41, 5.74) is 0. The van der Waals surface area contributed by atoms with Crippen LogP contribution in [0, 0.1) is 0 Å². The van der Waals surface area contributed by atoms with E-state index in [1.165, 1.54) is 0 Å². The first-order valence-electron chi connectivity index (χ1n) is 6.78. The summed E-state index contributed by atoms with van der Waals surface area (Å²) in [6.07, 6.45) is 1.97. The molecule has 0 fully saturated rings. The largest absolute Gasteiger partial charge is 0.457 e. The molecule has 0 aliphatic carbocycles. The van der Waals surface area contributed by atoms with Crippen molar-refractivity contribution in [1.82, 2.24) is 0 Å². The predicted molar refractivity (Wildman–Crippen MR) is 111 cm³/mol. The Morgan fingerprint density at radius 2 is 1.18 bits per heavy atom. The van der Waals surface area contributed by atoms with Crippen LogP contribution in [0.1, 0.15) is 12.8 Å². The van der Waals surface area contributed by atoms with Gasteiger partial charge in [-0.3, -0.25) is 0 Å². The SMILES string of the molecule is COCCO[P+]([S-])=CCCSSCCC=[P+]([S-])OCCOC. The third-order valence-electron chi connectivity index (χ3n) is 2.05. The first kappa shape index (κ1) is 23.6. The van der Waals surface area contributed by atoms with Crippen molar-refractivity contribution in [2.24, 2.45) is 0 Å². The molecule has 0 aromatic heterocycles. The van der Waals surface area contributed by atoms with Crippen LogP contribution in [0.3, 0.4) is 0 Å². The van der Waals surface area contributed by atoms with Crippen LogP contribution in [-0.4, -0.2) is 63.7 Å². The summed E-state index contributed by atoms with van der Waals surface area (Å²) in [5, 5.41) is 0. The summed E-state index contributed by atoms with van der Waals surface area (Å²) in [6, 6.07) is 0. The maximum Gasteiger partial charge on any atom is 0.120 e. The van der Waals surface area contributed by atoms with Crippen molar-refractivity contribution in [3.63, 3.8) is 0 Å². The van der Waals surface area contributed by atoms with Crippen molar-refractivity contribution in [2.75, 3.05) is 52.2 Å². The predicted octanol–water partition coefficient (Wildman–Crippen LogP) is 3.80. The molecule has 4 nitrogen and oxygen atoms in total. The van der Waals surface area contributed by atoms with E-state index in [2.05, 4.69) is 11.6 Å². The fourth-order valence-corrected chi connectivity index (χ4v) is 5.83. The van der Waals surface area contributed by atoms with Crippen molar-refractivity contribution in [1.29, 1.82) is 0 Å². The summed E-state index contributed by atoms with van der Waals surface area (Å²) in [5.74, 6) is 6.29. The molecule has 0 saturated carbocycles. The molecule has 0 amide bonds. The highest BCUT2D eigenvalue weighted by molar-refractivity contribution is 8.76. The average molecular weight is 423 g/mol.